The summed E-state index contributed by atoms with van der Waals surface area (Å²) in [5.41, 5.74) is 5.56. The zero-order valence-corrected chi connectivity index (χ0v) is 10.3. The fourth-order valence-electron chi connectivity index (χ4n) is 1.61. The van der Waals surface area contributed by atoms with Gasteiger partial charge in [0.1, 0.15) is 0 Å². The lowest BCUT2D eigenvalue weighted by Gasteiger charge is -2.17. The topological polar surface area (TPSA) is 85.2 Å². The SMILES string of the molecule is CC(O)(CN)Cc1nc(Cc2ccccc2)no1. The summed E-state index contributed by atoms with van der Waals surface area (Å²) in [7, 11) is 0. The van der Waals surface area contributed by atoms with E-state index in [9.17, 15) is 5.11 Å². The minimum atomic E-state index is -1.00. The first-order valence-electron chi connectivity index (χ1n) is 5.87. The van der Waals surface area contributed by atoms with Gasteiger partial charge in [-0.25, -0.2) is 0 Å². The molecule has 1 aromatic heterocycles. The molecular formula is C13H17N3O2. The van der Waals surface area contributed by atoms with Crippen LogP contribution in [0.4, 0.5) is 0 Å². The molecule has 1 aromatic carbocycles. The highest BCUT2D eigenvalue weighted by Crippen LogP contribution is 2.12. The van der Waals surface area contributed by atoms with Gasteiger partial charge in [0.15, 0.2) is 5.82 Å². The second-order valence-corrected chi connectivity index (χ2v) is 4.64. The van der Waals surface area contributed by atoms with Crippen LogP contribution in [0, 0.1) is 0 Å². The van der Waals surface area contributed by atoms with Crippen LogP contribution in [0.3, 0.4) is 0 Å². The molecule has 1 heterocycles. The molecule has 2 rings (SSSR count). The van der Waals surface area contributed by atoms with Crippen LogP contribution in [0.1, 0.15) is 24.2 Å². The summed E-state index contributed by atoms with van der Waals surface area (Å²) in [4.78, 5) is 4.25. The number of aliphatic hydroxyl groups is 1. The average molecular weight is 247 g/mol. The van der Waals surface area contributed by atoms with Gasteiger partial charge >= 0.3 is 0 Å². The maximum absolute atomic E-state index is 9.82. The zero-order chi connectivity index (χ0) is 13.0. The van der Waals surface area contributed by atoms with Crippen molar-refractivity contribution in [2.45, 2.75) is 25.4 Å². The smallest absolute Gasteiger partial charge is 0.229 e. The molecule has 0 aliphatic rings. The molecule has 0 bridgehead atoms. The number of nitrogens with zero attached hydrogens (tertiary/aromatic N) is 2. The van der Waals surface area contributed by atoms with E-state index in [1.54, 1.807) is 6.92 Å². The van der Waals surface area contributed by atoms with E-state index in [2.05, 4.69) is 10.1 Å². The van der Waals surface area contributed by atoms with E-state index < -0.39 is 5.60 Å². The van der Waals surface area contributed by atoms with Crippen molar-refractivity contribution in [2.75, 3.05) is 6.54 Å². The van der Waals surface area contributed by atoms with Gasteiger partial charge in [0.25, 0.3) is 0 Å². The molecule has 96 valence electrons. The largest absolute Gasteiger partial charge is 0.388 e. The second-order valence-electron chi connectivity index (χ2n) is 4.64. The highest BCUT2D eigenvalue weighted by atomic mass is 16.5. The quantitative estimate of drug-likeness (QED) is 0.820. The normalized spacial score (nSPS) is 14.4. The number of nitrogens with two attached hydrogens (primary N) is 1. The Hall–Kier alpha value is -1.72. The van der Waals surface area contributed by atoms with Gasteiger partial charge in [0.2, 0.25) is 5.89 Å². The van der Waals surface area contributed by atoms with Gasteiger partial charge in [0, 0.05) is 13.0 Å². The summed E-state index contributed by atoms with van der Waals surface area (Å²) in [5.74, 6) is 1.03. The van der Waals surface area contributed by atoms with Gasteiger partial charge < -0.3 is 15.4 Å². The van der Waals surface area contributed by atoms with E-state index in [1.165, 1.54) is 0 Å². The zero-order valence-electron chi connectivity index (χ0n) is 10.3. The predicted molar refractivity (Wildman–Crippen MR) is 66.9 cm³/mol. The second kappa shape index (κ2) is 5.29. The Morgan fingerprint density at radius 1 is 1.33 bits per heavy atom. The van der Waals surface area contributed by atoms with Crippen molar-refractivity contribution in [3.8, 4) is 0 Å². The first kappa shape index (κ1) is 12.7. The average Bonchev–Trinajstić information content (AvgIpc) is 2.77. The molecule has 1 atom stereocenters. The van der Waals surface area contributed by atoms with Crippen molar-refractivity contribution in [1.82, 2.24) is 10.1 Å². The molecule has 0 radical (unpaired) electrons. The van der Waals surface area contributed by atoms with Gasteiger partial charge in [-0.15, -0.1) is 0 Å². The summed E-state index contributed by atoms with van der Waals surface area (Å²) < 4.78 is 5.10. The number of hydrogen-bond donors (Lipinski definition) is 2. The van der Waals surface area contributed by atoms with Gasteiger partial charge in [0.05, 0.1) is 12.0 Å². The van der Waals surface area contributed by atoms with E-state index in [1.807, 2.05) is 30.3 Å². The molecule has 18 heavy (non-hydrogen) atoms. The first-order chi connectivity index (χ1) is 8.59. The Morgan fingerprint density at radius 3 is 2.72 bits per heavy atom. The third kappa shape index (κ3) is 3.38. The fourth-order valence-corrected chi connectivity index (χ4v) is 1.61. The van der Waals surface area contributed by atoms with Gasteiger partial charge in [-0.05, 0) is 12.5 Å². The first-order valence-corrected chi connectivity index (χ1v) is 5.87. The van der Waals surface area contributed by atoms with Crippen LogP contribution in [0.2, 0.25) is 0 Å². The van der Waals surface area contributed by atoms with Crippen molar-refractivity contribution in [3.63, 3.8) is 0 Å². The Balaban J connectivity index is 2.03. The lowest BCUT2D eigenvalue weighted by molar-refractivity contribution is 0.0610. The van der Waals surface area contributed by atoms with Gasteiger partial charge in [-0.2, -0.15) is 4.98 Å². The third-order valence-corrected chi connectivity index (χ3v) is 2.69. The van der Waals surface area contributed by atoms with E-state index >= 15 is 0 Å². The van der Waals surface area contributed by atoms with Gasteiger partial charge in [-0.1, -0.05) is 35.5 Å². The monoisotopic (exact) mass is 247 g/mol. The Morgan fingerprint density at radius 2 is 2.06 bits per heavy atom. The molecule has 0 fully saturated rings. The van der Waals surface area contributed by atoms with Crippen molar-refractivity contribution >= 4 is 0 Å². The number of hydrogen-bond acceptors (Lipinski definition) is 5. The standard InChI is InChI=1S/C13H17N3O2/c1-13(17,9-14)8-12-15-11(16-18-12)7-10-5-3-2-4-6-10/h2-6,17H,7-9,14H2,1H3. The molecule has 5 nitrogen and oxygen atoms in total. The summed E-state index contributed by atoms with van der Waals surface area (Å²) in [5, 5.41) is 13.7. The van der Waals surface area contributed by atoms with Crippen LogP contribution in [-0.2, 0) is 12.8 Å². The number of aromatic nitrogens is 2. The minimum Gasteiger partial charge on any atom is -0.388 e. The fraction of sp³-hybridized carbons (Fsp3) is 0.385. The highest BCUT2D eigenvalue weighted by molar-refractivity contribution is 5.18. The van der Waals surface area contributed by atoms with Crippen LogP contribution in [0.25, 0.3) is 0 Å². The molecule has 2 aromatic rings. The summed E-state index contributed by atoms with van der Waals surface area (Å²) in [6.45, 7) is 1.80. The molecule has 0 amide bonds. The Bertz CT molecular complexity index is 494. The van der Waals surface area contributed by atoms with Crippen LogP contribution in [0.5, 0.6) is 0 Å². The molecule has 0 aliphatic heterocycles. The molecule has 0 aliphatic carbocycles. The summed E-state index contributed by atoms with van der Waals surface area (Å²) in [6.07, 6.45) is 0.889. The highest BCUT2D eigenvalue weighted by Gasteiger charge is 2.22. The molecular weight excluding hydrogens is 230 g/mol. The van der Waals surface area contributed by atoms with Crippen LogP contribution in [-0.4, -0.2) is 27.4 Å². The lowest BCUT2D eigenvalue weighted by Crippen LogP contribution is -2.36. The van der Waals surface area contributed by atoms with E-state index in [0.717, 1.165) is 5.56 Å². The molecule has 0 spiro atoms. The van der Waals surface area contributed by atoms with E-state index in [0.29, 0.717) is 18.1 Å². The molecule has 1 unspecified atom stereocenters. The predicted octanol–water partition coefficient (Wildman–Crippen LogP) is 0.913. The molecule has 0 saturated carbocycles. The number of rotatable bonds is 5. The van der Waals surface area contributed by atoms with Crippen LogP contribution >= 0.6 is 0 Å². The number of benzene rings is 1. The van der Waals surface area contributed by atoms with Crippen molar-refractivity contribution in [1.29, 1.82) is 0 Å². The summed E-state index contributed by atoms with van der Waals surface area (Å²) in [6, 6.07) is 9.91. The molecule has 5 heteroatoms. The van der Waals surface area contributed by atoms with Crippen molar-refractivity contribution < 1.29 is 9.63 Å². The van der Waals surface area contributed by atoms with Crippen molar-refractivity contribution in [3.05, 3.63) is 47.6 Å². The Kier molecular flexibility index (Phi) is 3.74. The maximum atomic E-state index is 9.82. The maximum Gasteiger partial charge on any atom is 0.229 e. The molecule has 3 N–H and O–H groups in total. The van der Waals surface area contributed by atoms with E-state index in [4.69, 9.17) is 10.3 Å². The lowest BCUT2D eigenvalue weighted by atomic mass is 10.0. The summed E-state index contributed by atoms with van der Waals surface area (Å²) >= 11 is 0. The Labute approximate surface area is 106 Å². The third-order valence-electron chi connectivity index (χ3n) is 2.69. The van der Waals surface area contributed by atoms with Crippen LogP contribution in [0.15, 0.2) is 34.9 Å². The van der Waals surface area contributed by atoms with Gasteiger partial charge in [-0.3, -0.25) is 0 Å². The van der Waals surface area contributed by atoms with E-state index in [-0.39, 0.29) is 13.0 Å². The van der Waals surface area contributed by atoms with Crippen LogP contribution < -0.4 is 5.73 Å². The minimum absolute atomic E-state index is 0.156. The van der Waals surface area contributed by atoms with Crippen molar-refractivity contribution in [2.24, 2.45) is 5.73 Å². The molecule has 0 saturated heterocycles.